The summed E-state index contributed by atoms with van der Waals surface area (Å²) in [7, 11) is 1.66. The summed E-state index contributed by atoms with van der Waals surface area (Å²) < 4.78 is 17.4. The van der Waals surface area contributed by atoms with Gasteiger partial charge in [-0.15, -0.1) is 11.8 Å². The Morgan fingerprint density at radius 3 is 2.59 bits per heavy atom. The molecule has 2 unspecified atom stereocenters. The van der Waals surface area contributed by atoms with Crippen LogP contribution in [0.3, 0.4) is 0 Å². The van der Waals surface area contributed by atoms with Gasteiger partial charge >= 0.3 is 0 Å². The number of rotatable bonds is 3. The molecule has 2 aliphatic heterocycles. The third-order valence-corrected chi connectivity index (χ3v) is 4.95. The molecule has 2 aliphatic rings. The highest BCUT2D eigenvalue weighted by molar-refractivity contribution is 8.02. The zero-order valence-electron chi connectivity index (χ0n) is 12.4. The first-order valence-corrected chi connectivity index (χ1v) is 8.39. The van der Waals surface area contributed by atoms with Gasteiger partial charge in [-0.25, -0.2) is 0 Å². The number of benzene rings is 2. The summed E-state index contributed by atoms with van der Waals surface area (Å²) in [5, 5.41) is 0. The maximum absolute atomic E-state index is 6.13. The van der Waals surface area contributed by atoms with Crippen molar-refractivity contribution in [3.63, 3.8) is 0 Å². The van der Waals surface area contributed by atoms with Crippen molar-refractivity contribution in [1.82, 2.24) is 0 Å². The van der Waals surface area contributed by atoms with Crippen molar-refractivity contribution in [3.05, 3.63) is 64.6 Å². The van der Waals surface area contributed by atoms with E-state index in [9.17, 15) is 0 Å². The zero-order valence-corrected chi connectivity index (χ0v) is 13.2. The van der Waals surface area contributed by atoms with Crippen LogP contribution in [0, 0.1) is 0 Å². The summed E-state index contributed by atoms with van der Waals surface area (Å²) in [5.74, 6) is 2.74. The van der Waals surface area contributed by atoms with Crippen molar-refractivity contribution < 1.29 is 14.2 Å². The molecule has 2 atom stereocenters. The lowest BCUT2D eigenvalue weighted by molar-refractivity contribution is 0.00633. The molecule has 22 heavy (non-hydrogen) atoms. The molecular weight excluding hydrogens is 296 g/mol. The lowest BCUT2D eigenvalue weighted by Crippen LogP contribution is -2.15. The van der Waals surface area contributed by atoms with Gasteiger partial charge in [0.05, 0.1) is 13.0 Å². The molecule has 0 N–H and O–H groups in total. The Bertz CT molecular complexity index is 739. The first-order chi connectivity index (χ1) is 10.8. The largest absolute Gasteiger partial charge is 0.497 e. The van der Waals surface area contributed by atoms with E-state index in [1.54, 1.807) is 18.9 Å². The van der Waals surface area contributed by atoms with Crippen LogP contribution in [-0.4, -0.2) is 19.7 Å². The second-order valence-electron chi connectivity index (χ2n) is 5.25. The van der Waals surface area contributed by atoms with Crippen molar-refractivity contribution in [1.29, 1.82) is 0 Å². The van der Waals surface area contributed by atoms with Crippen LogP contribution in [0.4, 0.5) is 0 Å². The molecule has 0 fully saturated rings. The van der Waals surface area contributed by atoms with Gasteiger partial charge in [0.1, 0.15) is 17.3 Å². The van der Waals surface area contributed by atoms with Gasteiger partial charge in [-0.2, -0.15) is 0 Å². The first kappa shape index (κ1) is 13.6. The minimum atomic E-state index is -0.278. The number of methoxy groups -OCH3 is 1. The maximum Gasteiger partial charge on any atom is 0.252 e. The fourth-order valence-electron chi connectivity index (χ4n) is 3.03. The molecule has 4 heteroatoms. The van der Waals surface area contributed by atoms with Crippen LogP contribution in [0.2, 0.25) is 0 Å². The van der Waals surface area contributed by atoms with Gasteiger partial charge < -0.3 is 14.2 Å². The lowest BCUT2D eigenvalue weighted by atomic mass is 9.99. The predicted octanol–water partition coefficient (Wildman–Crippen LogP) is 4.26. The van der Waals surface area contributed by atoms with Gasteiger partial charge in [0.25, 0.3) is 6.29 Å². The first-order valence-electron chi connectivity index (χ1n) is 7.16. The van der Waals surface area contributed by atoms with Gasteiger partial charge in [-0.05, 0) is 12.3 Å². The molecule has 2 heterocycles. The minimum absolute atomic E-state index is 0.145. The summed E-state index contributed by atoms with van der Waals surface area (Å²) in [6, 6.07) is 16.2. The molecule has 3 nitrogen and oxygen atoms in total. The monoisotopic (exact) mass is 312 g/mol. The molecule has 0 aliphatic carbocycles. The van der Waals surface area contributed by atoms with E-state index in [4.69, 9.17) is 14.2 Å². The highest BCUT2D eigenvalue weighted by Gasteiger charge is 2.45. The SMILES string of the molecule is COc1ccc2c(c1)OC1OC(c3ccccc3)=C(SC)C21. The Kier molecular flexibility index (Phi) is 3.26. The predicted molar refractivity (Wildman–Crippen MR) is 88.1 cm³/mol. The van der Waals surface area contributed by atoms with Crippen LogP contribution in [0.25, 0.3) is 5.76 Å². The standard InChI is InChI=1S/C18H16O3S/c1-19-12-8-9-13-14(10-12)20-18-15(13)17(22-2)16(21-18)11-6-4-3-5-7-11/h3-10,15,18H,1-2H3. The van der Waals surface area contributed by atoms with Crippen LogP contribution < -0.4 is 9.47 Å². The normalized spacial score (nSPS) is 21.9. The second-order valence-corrected chi connectivity index (χ2v) is 6.10. The third-order valence-electron chi connectivity index (χ3n) is 4.07. The summed E-state index contributed by atoms with van der Waals surface area (Å²) in [6.07, 6.45) is 1.81. The second kappa shape index (κ2) is 5.29. The smallest absolute Gasteiger partial charge is 0.252 e. The van der Waals surface area contributed by atoms with Crippen molar-refractivity contribution in [2.45, 2.75) is 12.2 Å². The van der Waals surface area contributed by atoms with E-state index in [0.29, 0.717) is 0 Å². The van der Waals surface area contributed by atoms with Gasteiger partial charge in [-0.3, -0.25) is 0 Å². The molecule has 0 amide bonds. The van der Waals surface area contributed by atoms with E-state index in [2.05, 4.69) is 24.5 Å². The molecule has 2 aromatic carbocycles. The van der Waals surface area contributed by atoms with Crippen LogP contribution >= 0.6 is 11.8 Å². The Morgan fingerprint density at radius 1 is 1.05 bits per heavy atom. The summed E-state index contributed by atoms with van der Waals surface area (Å²) in [5.41, 5.74) is 2.26. The highest BCUT2D eigenvalue weighted by atomic mass is 32.2. The topological polar surface area (TPSA) is 27.7 Å². The summed E-state index contributed by atoms with van der Waals surface area (Å²) >= 11 is 1.73. The van der Waals surface area contributed by atoms with Gasteiger partial charge in [-0.1, -0.05) is 36.4 Å². The van der Waals surface area contributed by atoms with Crippen molar-refractivity contribution in [2.75, 3.05) is 13.4 Å². The fourth-order valence-corrected chi connectivity index (χ4v) is 3.88. The number of fused-ring (bicyclic) bond motifs is 3. The Morgan fingerprint density at radius 2 is 1.86 bits per heavy atom. The van der Waals surface area contributed by atoms with Crippen molar-refractivity contribution >= 4 is 17.5 Å². The number of thioether (sulfide) groups is 1. The number of ether oxygens (including phenoxy) is 3. The summed E-state index contributed by atoms with van der Waals surface area (Å²) in [4.78, 5) is 1.22. The molecule has 0 spiro atoms. The molecule has 0 bridgehead atoms. The zero-order chi connectivity index (χ0) is 15.1. The molecule has 4 rings (SSSR count). The van der Waals surface area contributed by atoms with Gasteiger partial charge in [0.2, 0.25) is 0 Å². The van der Waals surface area contributed by atoms with Gasteiger partial charge in [0, 0.05) is 22.1 Å². The average Bonchev–Trinajstić information content (AvgIpc) is 3.10. The van der Waals surface area contributed by atoms with E-state index in [-0.39, 0.29) is 12.2 Å². The van der Waals surface area contributed by atoms with Crippen molar-refractivity contribution in [3.8, 4) is 11.5 Å². The molecule has 112 valence electrons. The maximum atomic E-state index is 6.13. The molecule has 0 aromatic heterocycles. The van der Waals surface area contributed by atoms with E-state index >= 15 is 0 Å². The Balaban J connectivity index is 1.79. The molecular formula is C18H16O3S. The van der Waals surface area contributed by atoms with Crippen LogP contribution in [0.1, 0.15) is 17.0 Å². The van der Waals surface area contributed by atoms with E-state index in [1.165, 1.54) is 10.5 Å². The minimum Gasteiger partial charge on any atom is -0.497 e. The van der Waals surface area contributed by atoms with E-state index in [0.717, 1.165) is 22.8 Å². The number of hydrogen-bond acceptors (Lipinski definition) is 4. The van der Waals surface area contributed by atoms with Gasteiger partial charge in [0.15, 0.2) is 0 Å². The highest BCUT2D eigenvalue weighted by Crippen LogP contribution is 2.54. The molecule has 0 saturated carbocycles. The average molecular weight is 312 g/mol. The molecule has 0 radical (unpaired) electrons. The lowest BCUT2D eigenvalue weighted by Gasteiger charge is -2.12. The van der Waals surface area contributed by atoms with E-state index in [1.807, 2.05) is 30.3 Å². The molecule has 2 aromatic rings. The number of hydrogen-bond donors (Lipinski definition) is 0. The molecule has 0 saturated heterocycles. The Labute approximate surface area is 133 Å². The van der Waals surface area contributed by atoms with Crippen LogP contribution in [0.5, 0.6) is 11.5 Å². The Hall–Kier alpha value is -2.07. The van der Waals surface area contributed by atoms with Crippen molar-refractivity contribution in [2.24, 2.45) is 0 Å². The van der Waals surface area contributed by atoms with Crippen LogP contribution in [-0.2, 0) is 4.74 Å². The van der Waals surface area contributed by atoms with Crippen LogP contribution in [0.15, 0.2) is 53.4 Å². The van der Waals surface area contributed by atoms with E-state index < -0.39 is 0 Å². The quantitative estimate of drug-likeness (QED) is 0.846. The fraction of sp³-hybridized carbons (Fsp3) is 0.222. The summed E-state index contributed by atoms with van der Waals surface area (Å²) in [6.45, 7) is 0. The third kappa shape index (κ3) is 1.98.